The number of hydrogen-bond acceptors (Lipinski definition) is 1. The summed E-state index contributed by atoms with van der Waals surface area (Å²) in [7, 11) is 0. The summed E-state index contributed by atoms with van der Waals surface area (Å²) in [5, 5.41) is 0. The lowest BCUT2D eigenvalue weighted by atomic mass is 9.95. The number of aryl methyl sites for hydroxylation is 3. The minimum Gasteiger partial charge on any atom is -0.324 e. The highest BCUT2D eigenvalue weighted by atomic mass is 14.6. The third kappa shape index (κ3) is 1.67. The summed E-state index contributed by atoms with van der Waals surface area (Å²) in [5.74, 6) is 0. The van der Waals surface area contributed by atoms with E-state index in [0.29, 0.717) is 0 Å². The molecular weight excluding hydrogens is 146 g/mol. The first-order chi connectivity index (χ1) is 5.52. The molecular formula is C11H17N. The number of benzene rings is 1. The highest BCUT2D eigenvalue weighted by Gasteiger charge is 2.06. The predicted molar refractivity (Wildman–Crippen MR) is 53.3 cm³/mol. The summed E-state index contributed by atoms with van der Waals surface area (Å²) in [5.41, 5.74) is 11.1. The number of rotatable bonds is 1. The van der Waals surface area contributed by atoms with Crippen LogP contribution in [0.15, 0.2) is 12.1 Å². The van der Waals surface area contributed by atoms with Crippen LogP contribution in [0.2, 0.25) is 0 Å². The van der Waals surface area contributed by atoms with Crippen molar-refractivity contribution in [1.82, 2.24) is 0 Å². The molecule has 12 heavy (non-hydrogen) atoms. The quantitative estimate of drug-likeness (QED) is 0.676. The van der Waals surface area contributed by atoms with Gasteiger partial charge in [0.1, 0.15) is 0 Å². The third-order valence-electron chi connectivity index (χ3n) is 2.19. The van der Waals surface area contributed by atoms with Crippen LogP contribution in [0.4, 0.5) is 0 Å². The summed E-state index contributed by atoms with van der Waals surface area (Å²) < 4.78 is 0. The van der Waals surface area contributed by atoms with Crippen molar-refractivity contribution in [1.29, 1.82) is 0 Å². The maximum atomic E-state index is 5.87. The van der Waals surface area contributed by atoms with Crippen molar-refractivity contribution in [3.8, 4) is 0 Å². The Balaban J connectivity index is 3.28. The van der Waals surface area contributed by atoms with E-state index in [9.17, 15) is 0 Å². The van der Waals surface area contributed by atoms with Crippen LogP contribution in [0.5, 0.6) is 0 Å². The van der Waals surface area contributed by atoms with Crippen LogP contribution in [0.25, 0.3) is 0 Å². The van der Waals surface area contributed by atoms with Crippen LogP contribution in [0.1, 0.15) is 35.2 Å². The molecule has 0 aromatic heterocycles. The highest BCUT2D eigenvalue weighted by Crippen LogP contribution is 2.21. The van der Waals surface area contributed by atoms with Gasteiger partial charge in [-0.1, -0.05) is 17.7 Å². The van der Waals surface area contributed by atoms with E-state index in [4.69, 9.17) is 5.73 Å². The van der Waals surface area contributed by atoms with E-state index in [-0.39, 0.29) is 6.04 Å². The molecule has 0 heterocycles. The Hall–Kier alpha value is -0.820. The maximum Gasteiger partial charge on any atom is 0.0271 e. The second kappa shape index (κ2) is 3.28. The van der Waals surface area contributed by atoms with Crippen molar-refractivity contribution in [2.24, 2.45) is 5.73 Å². The molecule has 1 aromatic carbocycles. The first kappa shape index (κ1) is 9.27. The first-order valence-electron chi connectivity index (χ1n) is 4.35. The van der Waals surface area contributed by atoms with Gasteiger partial charge in [-0.15, -0.1) is 0 Å². The zero-order chi connectivity index (χ0) is 9.30. The lowest BCUT2D eigenvalue weighted by molar-refractivity contribution is 0.800. The lowest BCUT2D eigenvalue weighted by Crippen LogP contribution is -2.09. The number of nitrogens with two attached hydrogens (primary N) is 1. The van der Waals surface area contributed by atoms with Crippen molar-refractivity contribution >= 4 is 0 Å². The summed E-state index contributed by atoms with van der Waals surface area (Å²) >= 11 is 0. The Kier molecular flexibility index (Phi) is 2.53. The Bertz CT molecular complexity index is 264. The molecule has 0 fully saturated rings. The third-order valence-corrected chi connectivity index (χ3v) is 2.19. The van der Waals surface area contributed by atoms with Gasteiger partial charge in [0.05, 0.1) is 0 Å². The molecule has 66 valence electrons. The zero-order valence-electron chi connectivity index (χ0n) is 8.31. The van der Waals surface area contributed by atoms with Crippen LogP contribution in [0, 0.1) is 20.8 Å². The van der Waals surface area contributed by atoms with Gasteiger partial charge >= 0.3 is 0 Å². The normalized spacial score (nSPS) is 13.1. The molecule has 0 saturated heterocycles. The fourth-order valence-electron chi connectivity index (χ4n) is 1.91. The van der Waals surface area contributed by atoms with Crippen molar-refractivity contribution < 1.29 is 0 Å². The average molecular weight is 163 g/mol. The Morgan fingerprint density at radius 1 is 1.08 bits per heavy atom. The first-order valence-corrected chi connectivity index (χ1v) is 4.35. The minimum absolute atomic E-state index is 0.144. The van der Waals surface area contributed by atoms with E-state index in [1.54, 1.807) is 0 Å². The lowest BCUT2D eigenvalue weighted by Gasteiger charge is -2.14. The van der Waals surface area contributed by atoms with Gasteiger partial charge in [0.2, 0.25) is 0 Å². The summed E-state index contributed by atoms with van der Waals surface area (Å²) in [4.78, 5) is 0. The molecule has 0 aliphatic rings. The van der Waals surface area contributed by atoms with E-state index in [1.807, 2.05) is 6.92 Å². The largest absolute Gasteiger partial charge is 0.324 e. The molecule has 0 saturated carbocycles. The molecule has 1 nitrogen and oxygen atoms in total. The van der Waals surface area contributed by atoms with Crippen LogP contribution in [-0.2, 0) is 0 Å². The van der Waals surface area contributed by atoms with E-state index < -0.39 is 0 Å². The molecule has 0 aliphatic heterocycles. The Morgan fingerprint density at radius 2 is 1.50 bits per heavy atom. The molecule has 2 N–H and O–H groups in total. The standard InChI is InChI=1S/C11H17N/c1-7-5-8(2)11(10(4)12)9(3)6-7/h5-6,10H,12H2,1-4H3/t10-/m0/s1. The molecule has 0 spiro atoms. The van der Waals surface area contributed by atoms with Crippen molar-refractivity contribution in [2.75, 3.05) is 0 Å². The Labute approximate surface area is 74.6 Å². The average Bonchev–Trinajstić information content (AvgIpc) is 1.82. The van der Waals surface area contributed by atoms with Gasteiger partial charge in [-0.2, -0.15) is 0 Å². The number of hydrogen-bond donors (Lipinski definition) is 1. The van der Waals surface area contributed by atoms with Gasteiger partial charge in [-0.25, -0.2) is 0 Å². The van der Waals surface area contributed by atoms with Crippen molar-refractivity contribution in [3.63, 3.8) is 0 Å². The van der Waals surface area contributed by atoms with Crippen LogP contribution >= 0.6 is 0 Å². The molecule has 0 unspecified atom stereocenters. The predicted octanol–water partition coefficient (Wildman–Crippen LogP) is 2.63. The summed E-state index contributed by atoms with van der Waals surface area (Å²) in [6.07, 6.45) is 0. The van der Waals surface area contributed by atoms with Gasteiger partial charge in [0.25, 0.3) is 0 Å². The molecule has 1 atom stereocenters. The molecule has 0 radical (unpaired) electrons. The molecule has 0 bridgehead atoms. The van der Waals surface area contributed by atoms with Gasteiger partial charge in [0.15, 0.2) is 0 Å². The molecule has 0 amide bonds. The van der Waals surface area contributed by atoms with Crippen LogP contribution in [0.3, 0.4) is 0 Å². The second-order valence-corrected chi connectivity index (χ2v) is 3.60. The van der Waals surface area contributed by atoms with Gasteiger partial charge in [0, 0.05) is 6.04 Å². The molecule has 1 rings (SSSR count). The van der Waals surface area contributed by atoms with E-state index in [0.717, 1.165) is 0 Å². The smallest absolute Gasteiger partial charge is 0.0271 e. The minimum atomic E-state index is 0.144. The van der Waals surface area contributed by atoms with E-state index in [1.165, 1.54) is 22.3 Å². The topological polar surface area (TPSA) is 26.0 Å². The fourth-order valence-corrected chi connectivity index (χ4v) is 1.91. The molecule has 1 heteroatoms. The van der Waals surface area contributed by atoms with Gasteiger partial charge in [-0.05, 0) is 44.4 Å². The summed E-state index contributed by atoms with van der Waals surface area (Å²) in [6.45, 7) is 8.40. The highest BCUT2D eigenvalue weighted by molar-refractivity contribution is 5.39. The molecule has 1 aromatic rings. The van der Waals surface area contributed by atoms with Gasteiger partial charge < -0.3 is 5.73 Å². The van der Waals surface area contributed by atoms with E-state index in [2.05, 4.69) is 32.9 Å². The molecule has 0 aliphatic carbocycles. The van der Waals surface area contributed by atoms with E-state index >= 15 is 0 Å². The van der Waals surface area contributed by atoms with Crippen LogP contribution in [-0.4, -0.2) is 0 Å². The van der Waals surface area contributed by atoms with Crippen molar-refractivity contribution in [2.45, 2.75) is 33.7 Å². The van der Waals surface area contributed by atoms with Gasteiger partial charge in [-0.3, -0.25) is 0 Å². The maximum absolute atomic E-state index is 5.87. The van der Waals surface area contributed by atoms with Crippen LogP contribution < -0.4 is 5.73 Å². The fraction of sp³-hybridized carbons (Fsp3) is 0.455. The monoisotopic (exact) mass is 163 g/mol. The summed E-state index contributed by atoms with van der Waals surface area (Å²) in [6, 6.07) is 4.52. The second-order valence-electron chi connectivity index (χ2n) is 3.60. The Morgan fingerprint density at radius 3 is 1.83 bits per heavy atom. The SMILES string of the molecule is Cc1cc(C)c([C@H](C)N)c(C)c1. The zero-order valence-corrected chi connectivity index (χ0v) is 8.31. The van der Waals surface area contributed by atoms with Crippen molar-refractivity contribution in [3.05, 3.63) is 34.4 Å².